The van der Waals surface area contributed by atoms with Crippen LogP contribution in [-0.2, 0) is 0 Å². The standard InChI is InChI=1S/C12H11N3/c1-2-4-11(5-3-1)10-14-15-12-6-8-13-9-7-12/h1-10H,(H,13,15). The Morgan fingerprint density at radius 1 is 1.00 bits per heavy atom. The van der Waals surface area contributed by atoms with Gasteiger partial charge in [0.2, 0.25) is 0 Å². The summed E-state index contributed by atoms with van der Waals surface area (Å²) in [7, 11) is 0. The first kappa shape index (κ1) is 9.40. The fourth-order valence-electron chi connectivity index (χ4n) is 1.15. The number of aromatic nitrogens is 1. The second kappa shape index (κ2) is 4.91. The largest absolute Gasteiger partial charge is 0.278 e. The van der Waals surface area contributed by atoms with Crippen molar-refractivity contribution in [1.29, 1.82) is 0 Å². The smallest absolute Gasteiger partial charge is 0.0592 e. The summed E-state index contributed by atoms with van der Waals surface area (Å²) in [4.78, 5) is 3.92. The van der Waals surface area contributed by atoms with Crippen molar-refractivity contribution in [3.8, 4) is 0 Å². The Morgan fingerprint density at radius 3 is 2.47 bits per heavy atom. The van der Waals surface area contributed by atoms with Crippen LogP contribution >= 0.6 is 0 Å². The summed E-state index contributed by atoms with van der Waals surface area (Å²) in [5.74, 6) is 0. The fourth-order valence-corrected chi connectivity index (χ4v) is 1.15. The minimum absolute atomic E-state index is 0.928. The van der Waals surface area contributed by atoms with E-state index < -0.39 is 0 Å². The molecule has 1 heterocycles. The van der Waals surface area contributed by atoms with E-state index in [0.29, 0.717) is 0 Å². The second-order valence-electron chi connectivity index (χ2n) is 3.02. The number of hydrazone groups is 1. The van der Waals surface area contributed by atoms with Crippen LogP contribution in [-0.4, -0.2) is 11.2 Å². The highest BCUT2D eigenvalue weighted by atomic mass is 15.3. The molecule has 0 amide bonds. The Bertz CT molecular complexity index is 423. The molecule has 0 aliphatic rings. The molecule has 3 nitrogen and oxygen atoms in total. The van der Waals surface area contributed by atoms with Crippen LogP contribution in [0.25, 0.3) is 0 Å². The first-order valence-electron chi connectivity index (χ1n) is 4.69. The van der Waals surface area contributed by atoms with Gasteiger partial charge in [-0.1, -0.05) is 30.3 Å². The SMILES string of the molecule is C(=NNc1ccncc1)c1ccccc1. The predicted molar refractivity (Wildman–Crippen MR) is 61.9 cm³/mol. The van der Waals surface area contributed by atoms with Crippen LogP contribution in [0.3, 0.4) is 0 Å². The Labute approximate surface area is 88.5 Å². The first-order chi connectivity index (χ1) is 7.45. The molecule has 74 valence electrons. The molecular weight excluding hydrogens is 186 g/mol. The summed E-state index contributed by atoms with van der Waals surface area (Å²) in [6.07, 6.45) is 5.22. The average Bonchev–Trinajstić information content (AvgIpc) is 2.32. The van der Waals surface area contributed by atoms with Gasteiger partial charge >= 0.3 is 0 Å². The van der Waals surface area contributed by atoms with E-state index in [1.54, 1.807) is 18.6 Å². The molecule has 1 N–H and O–H groups in total. The summed E-state index contributed by atoms with van der Waals surface area (Å²) in [6, 6.07) is 13.7. The molecule has 2 aromatic rings. The third kappa shape index (κ3) is 2.91. The topological polar surface area (TPSA) is 37.3 Å². The predicted octanol–water partition coefficient (Wildman–Crippen LogP) is 2.53. The molecule has 0 saturated heterocycles. The van der Waals surface area contributed by atoms with Crippen LogP contribution in [0.4, 0.5) is 5.69 Å². The highest BCUT2D eigenvalue weighted by Gasteiger charge is 1.86. The van der Waals surface area contributed by atoms with Crippen molar-refractivity contribution >= 4 is 11.9 Å². The van der Waals surface area contributed by atoms with E-state index in [4.69, 9.17) is 0 Å². The maximum absolute atomic E-state index is 4.11. The third-order valence-corrected chi connectivity index (χ3v) is 1.89. The van der Waals surface area contributed by atoms with Gasteiger partial charge in [-0.2, -0.15) is 5.10 Å². The summed E-state index contributed by atoms with van der Waals surface area (Å²) < 4.78 is 0. The lowest BCUT2D eigenvalue weighted by Gasteiger charge is -1.97. The van der Waals surface area contributed by atoms with Gasteiger partial charge in [-0.3, -0.25) is 10.4 Å². The van der Waals surface area contributed by atoms with Gasteiger partial charge in [0, 0.05) is 12.4 Å². The summed E-state index contributed by atoms with van der Waals surface area (Å²) in [5, 5.41) is 4.11. The Morgan fingerprint density at radius 2 is 1.73 bits per heavy atom. The van der Waals surface area contributed by atoms with Gasteiger partial charge in [-0.05, 0) is 17.7 Å². The monoisotopic (exact) mass is 197 g/mol. The van der Waals surface area contributed by atoms with Crippen molar-refractivity contribution in [2.45, 2.75) is 0 Å². The molecule has 15 heavy (non-hydrogen) atoms. The van der Waals surface area contributed by atoms with Crippen molar-refractivity contribution in [3.63, 3.8) is 0 Å². The van der Waals surface area contributed by atoms with Crippen LogP contribution in [0, 0.1) is 0 Å². The molecule has 3 heteroatoms. The number of pyridine rings is 1. The van der Waals surface area contributed by atoms with E-state index in [-0.39, 0.29) is 0 Å². The molecule has 0 aliphatic carbocycles. The number of hydrogen-bond donors (Lipinski definition) is 1. The highest BCUT2D eigenvalue weighted by molar-refractivity contribution is 5.79. The summed E-state index contributed by atoms with van der Waals surface area (Å²) in [5.41, 5.74) is 4.92. The van der Waals surface area contributed by atoms with Crippen molar-refractivity contribution in [2.75, 3.05) is 5.43 Å². The highest BCUT2D eigenvalue weighted by Crippen LogP contribution is 2.02. The second-order valence-corrected chi connectivity index (χ2v) is 3.02. The van der Waals surface area contributed by atoms with Gasteiger partial charge in [0.1, 0.15) is 0 Å². The molecule has 0 aliphatic heterocycles. The van der Waals surface area contributed by atoms with Gasteiger partial charge < -0.3 is 0 Å². The lowest BCUT2D eigenvalue weighted by molar-refractivity contribution is 1.28. The number of rotatable bonds is 3. The zero-order valence-corrected chi connectivity index (χ0v) is 8.17. The van der Waals surface area contributed by atoms with Gasteiger partial charge in [-0.15, -0.1) is 0 Å². The Balaban J connectivity index is 1.97. The first-order valence-corrected chi connectivity index (χ1v) is 4.69. The van der Waals surface area contributed by atoms with Crippen molar-refractivity contribution in [1.82, 2.24) is 4.98 Å². The van der Waals surface area contributed by atoms with Gasteiger partial charge in [0.15, 0.2) is 0 Å². The molecule has 0 fully saturated rings. The molecule has 0 atom stereocenters. The van der Waals surface area contributed by atoms with E-state index in [9.17, 15) is 0 Å². The minimum Gasteiger partial charge on any atom is -0.278 e. The number of anilines is 1. The van der Waals surface area contributed by atoms with E-state index in [1.165, 1.54) is 0 Å². The number of benzene rings is 1. The third-order valence-electron chi connectivity index (χ3n) is 1.89. The zero-order valence-electron chi connectivity index (χ0n) is 8.17. The minimum atomic E-state index is 0.928. The lowest BCUT2D eigenvalue weighted by atomic mass is 10.2. The van der Waals surface area contributed by atoms with Crippen LogP contribution in [0.2, 0.25) is 0 Å². The Kier molecular flexibility index (Phi) is 3.07. The van der Waals surface area contributed by atoms with E-state index >= 15 is 0 Å². The molecule has 0 unspecified atom stereocenters. The van der Waals surface area contributed by atoms with Crippen molar-refractivity contribution < 1.29 is 0 Å². The molecule has 2 rings (SSSR count). The van der Waals surface area contributed by atoms with Crippen LogP contribution < -0.4 is 5.43 Å². The van der Waals surface area contributed by atoms with Gasteiger partial charge in [0.25, 0.3) is 0 Å². The summed E-state index contributed by atoms with van der Waals surface area (Å²) in [6.45, 7) is 0. The molecule has 1 aromatic heterocycles. The molecule has 0 radical (unpaired) electrons. The maximum Gasteiger partial charge on any atom is 0.0592 e. The molecule has 1 aromatic carbocycles. The number of hydrogen-bond acceptors (Lipinski definition) is 3. The van der Waals surface area contributed by atoms with Crippen molar-refractivity contribution in [3.05, 3.63) is 60.4 Å². The van der Waals surface area contributed by atoms with Crippen LogP contribution in [0.15, 0.2) is 60.0 Å². The maximum atomic E-state index is 4.11. The number of nitrogens with one attached hydrogen (secondary N) is 1. The zero-order chi connectivity index (χ0) is 10.3. The lowest BCUT2D eigenvalue weighted by Crippen LogP contribution is -1.89. The molecule has 0 spiro atoms. The Hall–Kier alpha value is -2.16. The van der Waals surface area contributed by atoms with Gasteiger partial charge in [-0.25, -0.2) is 0 Å². The van der Waals surface area contributed by atoms with E-state index in [2.05, 4.69) is 15.5 Å². The van der Waals surface area contributed by atoms with E-state index in [1.807, 2.05) is 42.5 Å². The quantitative estimate of drug-likeness (QED) is 0.606. The van der Waals surface area contributed by atoms with Crippen molar-refractivity contribution in [2.24, 2.45) is 5.10 Å². The fraction of sp³-hybridized carbons (Fsp3) is 0. The van der Waals surface area contributed by atoms with Gasteiger partial charge in [0.05, 0.1) is 11.9 Å². The average molecular weight is 197 g/mol. The summed E-state index contributed by atoms with van der Waals surface area (Å²) >= 11 is 0. The molecular formula is C12H11N3. The van der Waals surface area contributed by atoms with E-state index in [0.717, 1.165) is 11.3 Å². The van der Waals surface area contributed by atoms with Crippen LogP contribution in [0.5, 0.6) is 0 Å². The normalized spacial score (nSPS) is 10.4. The number of nitrogens with zero attached hydrogens (tertiary/aromatic N) is 2. The van der Waals surface area contributed by atoms with Crippen LogP contribution in [0.1, 0.15) is 5.56 Å². The molecule has 0 bridgehead atoms. The molecule has 0 saturated carbocycles.